The number of rotatable bonds is 8. The minimum absolute atomic E-state index is 0.0711. The van der Waals surface area contributed by atoms with Gasteiger partial charge in [0.15, 0.2) is 11.6 Å². The van der Waals surface area contributed by atoms with Crippen molar-refractivity contribution in [2.45, 2.75) is 26.0 Å². The molecule has 0 atom stereocenters. The van der Waals surface area contributed by atoms with Crippen LogP contribution in [0.5, 0.6) is 11.5 Å². The molecular weight excluding hydrogens is 394 g/mol. The third kappa shape index (κ3) is 4.34. The molecule has 0 saturated heterocycles. The predicted octanol–water partition coefficient (Wildman–Crippen LogP) is 3.88. The van der Waals surface area contributed by atoms with Crippen LogP contribution in [0.1, 0.15) is 39.0 Å². The van der Waals surface area contributed by atoms with Crippen LogP contribution < -0.4 is 9.47 Å². The van der Waals surface area contributed by atoms with Gasteiger partial charge >= 0.3 is 0 Å². The molecule has 152 valence electrons. The molecule has 9 heteroatoms. The number of carbonyl (C=O) groups is 2. The zero-order valence-electron chi connectivity index (χ0n) is 16.8. The number of Topliss-reactive ketones (excluding diaryl/α,β-unsaturated/α-hetero) is 2. The number of nitrogens with zero attached hydrogens (tertiary/aromatic N) is 2. The van der Waals surface area contributed by atoms with E-state index in [2.05, 4.69) is 15.2 Å². The van der Waals surface area contributed by atoms with E-state index in [1.54, 1.807) is 46.3 Å². The van der Waals surface area contributed by atoms with Crippen LogP contribution in [-0.2, 0) is 0 Å². The van der Waals surface area contributed by atoms with E-state index in [-0.39, 0.29) is 22.5 Å². The lowest BCUT2D eigenvalue weighted by molar-refractivity contribution is 0.101. The van der Waals surface area contributed by atoms with E-state index < -0.39 is 0 Å². The predicted molar refractivity (Wildman–Crippen MR) is 108 cm³/mol. The molecule has 2 heterocycles. The van der Waals surface area contributed by atoms with Gasteiger partial charge in [-0.3, -0.25) is 9.59 Å². The minimum Gasteiger partial charge on any atom is -0.497 e. The van der Waals surface area contributed by atoms with E-state index in [0.717, 1.165) is 11.8 Å². The van der Waals surface area contributed by atoms with Crippen LogP contribution in [0.2, 0.25) is 0 Å². The number of aromatic amines is 1. The van der Waals surface area contributed by atoms with Crippen LogP contribution in [0.3, 0.4) is 0 Å². The number of nitrogens with one attached hydrogen (secondary N) is 1. The van der Waals surface area contributed by atoms with Gasteiger partial charge in [-0.05, 0) is 38.5 Å². The van der Waals surface area contributed by atoms with Crippen molar-refractivity contribution in [1.29, 1.82) is 0 Å². The molecule has 8 nitrogen and oxygen atoms in total. The number of carbonyl (C=O) groups excluding carboxylic acids is 2. The van der Waals surface area contributed by atoms with Crippen LogP contribution in [0, 0.1) is 13.8 Å². The normalized spacial score (nSPS) is 10.8. The summed E-state index contributed by atoms with van der Waals surface area (Å²) in [5, 5.41) is 8.29. The van der Waals surface area contributed by atoms with Crippen molar-refractivity contribution in [2.75, 3.05) is 20.0 Å². The second-order valence-electron chi connectivity index (χ2n) is 6.37. The Morgan fingerprint density at radius 3 is 2.31 bits per heavy atom. The summed E-state index contributed by atoms with van der Waals surface area (Å²) in [6.07, 6.45) is 0. The van der Waals surface area contributed by atoms with Crippen molar-refractivity contribution in [3.8, 4) is 23.0 Å². The van der Waals surface area contributed by atoms with Gasteiger partial charge in [-0.25, -0.2) is 0 Å². The number of benzene rings is 1. The molecule has 2 aromatic heterocycles. The Morgan fingerprint density at radius 1 is 1.10 bits per heavy atom. The second kappa shape index (κ2) is 8.52. The number of ketones is 2. The standard InChI is InChI=1S/C20H21N3O5S/c1-10-17(12(3)24)11(2)21-18(10)16(25)9-29-20-23-22-19(28-20)13-6-14(26-4)8-15(7-13)27-5/h6-8,21H,9H2,1-5H3. The van der Waals surface area contributed by atoms with Crippen LogP contribution in [-0.4, -0.2) is 46.7 Å². The lowest BCUT2D eigenvalue weighted by Crippen LogP contribution is -2.05. The average molecular weight is 415 g/mol. The number of hydrogen-bond donors (Lipinski definition) is 1. The molecule has 0 aliphatic rings. The summed E-state index contributed by atoms with van der Waals surface area (Å²) in [6, 6.07) is 5.25. The fourth-order valence-corrected chi connectivity index (χ4v) is 3.71. The molecule has 0 bridgehead atoms. The third-order valence-electron chi connectivity index (χ3n) is 4.40. The van der Waals surface area contributed by atoms with Crippen molar-refractivity contribution in [2.24, 2.45) is 0 Å². The summed E-state index contributed by atoms with van der Waals surface area (Å²) < 4.78 is 16.2. The molecule has 0 amide bonds. The molecule has 0 aliphatic heterocycles. The number of ether oxygens (including phenoxy) is 2. The first-order chi connectivity index (χ1) is 13.8. The largest absolute Gasteiger partial charge is 0.497 e. The summed E-state index contributed by atoms with van der Waals surface area (Å²) in [4.78, 5) is 27.3. The topological polar surface area (TPSA) is 107 Å². The zero-order valence-corrected chi connectivity index (χ0v) is 17.6. The van der Waals surface area contributed by atoms with Crippen molar-refractivity contribution in [1.82, 2.24) is 15.2 Å². The lowest BCUT2D eigenvalue weighted by atomic mass is 10.1. The van der Waals surface area contributed by atoms with E-state index in [1.807, 2.05) is 0 Å². The Kier molecular flexibility index (Phi) is 6.07. The van der Waals surface area contributed by atoms with Crippen molar-refractivity contribution in [3.05, 3.63) is 40.7 Å². The maximum absolute atomic E-state index is 12.6. The highest BCUT2D eigenvalue weighted by Gasteiger charge is 2.21. The fraction of sp³-hybridized carbons (Fsp3) is 0.300. The van der Waals surface area contributed by atoms with Gasteiger partial charge in [0.1, 0.15) is 11.5 Å². The maximum atomic E-state index is 12.6. The molecule has 1 aromatic carbocycles. The Labute approximate surface area is 172 Å². The summed E-state index contributed by atoms with van der Waals surface area (Å²) in [5.74, 6) is 1.37. The highest BCUT2D eigenvalue weighted by atomic mass is 32.2. The molecule has 0 spiro atoms. The van der Waals surface area contributed by atoms with Gasteiger partial charge in [0.05, 0.1) is 25.7 Å². The van der Waals surface area contributed by atoms with E-state index in [4.69, 9.17) is 13.9 Å². The average Bonchev–Trinajstić information content (AvgIpc) is 3.29. The molecule has 3 aromatic rings. The van der Waals surface area contributed by atoms with E-state index in [0.29, 0.717) is 45.5 Å². The minimum atomic E-state index is -0.147. The van der Waals surface area contributed by atoms with Gasteiger partial charge in [-0.2, -0.15) is 0 Å². The third-order valence-corrected chi connectivity index (χ3v) is 5.22. The number of aromatic nitrogens is 3. The highest BCUT2D eigenvalue weighted by molar-refractivity contribution is 7.99. The smallest absolute Gasteiger partial charge is 0.277 e. The summed E-state index contributed by atoms with van der Waals surface area (Å²) in [5.41, 5.74) is 2.99. The number of hydrogen-bond acceptors (Lipinski definition) is 8. The number of methoxy groups -OCH3 is 2. The molecule has 0 aliphatic carbocycles. The molecule has 0 unspecified atom stereocenters. The Balaban J connectivity index is 1.74. The monoisotopic (exact) mass is 415 g/mol. The van der Waals surface area contributed by atoms with Crippen LogP contribution >= 0.6 is 11.8 Å². The first-order valence-electron chi connectivity index (χ1n) is 8.77. The summed E-state index contributed by atoms with van der Waals surface area (Å²) >= 11 is 1.13. The quantitative estimate of drug-likeness (QED) is 0.436. The van der Waals surface area contributed by atoms with E-state index >= 15 is 0 Å². The molecule has 0 saturated carbocycles. The Morgan fingerprint density at radius 2 is 1.76 bits per heavy atom. The summed E-state index contributed by atoms with van der Waals surface area (Å²) in [7, 11) is 3.11. The first kappa shape index (κ1) is 20.7. The van der Waals surface area contributed by atoms with Crippen LogP contribution in [0.4, 0.5) is 0 Å². The van der Waals surface area contributed by atoms with Crippen LogP contribution in [0.15, 0.2) is 27.8 Å². The maximum Gasteiger partial charge on any atom is 0.277 e. The summed E-state index contributed by atoms with van der Waals surface area (Å²) in [6.45, 7) is 5.03. The lowest BCUT2D eigenvalue weighted by Gasteiger charge is -2.05. The number of thioether (sulfide) groups is 1. The molecular formula is C20H21N3O5S. The van der Waals surface area contributed by atoms with Crippen molar-refractivity contribution < 1.29 is 23.5 Å². The molecule has 3 rings (SSSR count). The van der Waals surface area contributed by atoms with E-state index in [1.165, 1.54) is 6.92 Å². The van der Waals surface area contributed by atoms with Gasteiger partial charge < -0.3 is 18.9 Å². The SMILES string of the molecule is COc1cc(OC)cc(-c2nnc(SCC(=O)c3[nH]c(C)c(C(C)=O)c3C)o2)c1. The fourth-order valence-electron chi connectivity index (χ4n) is 3.07. The van der Waals surface area contributed by atoms with Crippen molar-refractivity contribution >= 4 is 23.3 Å². The molecule has 29 heavy (non-hydrogen) atoms. The second-order valence-corrected chi connectivity index (χ2v) is 7.29. The Hall–Kier alpha value is -3.07. The highest BCUT2D eigenvalue weighted by Crippen LogP contribution is 2.31. The van der Waals surface area contributed by atoms with Gasteiger partial charge in [0.25, 0.3) is 5.22 Å². The number of aryl methyl sites for hydroxylation is 1. The van der Waals surface area contributed by atoms with Gasteiger partial charge in [-0.15, -0.1) is 10.2 Å². The zero-order chi connectivity index (χ0) is 21.1. The van der Waals surface area contributed by atoms with Crippen LogP contribution in [0.25, 0.3) is 11.5 Å². The van der Waals surface area contributed by atoms with Gasteiger partial charge in [0.2, 0.25) is 5.89 Å². The van der Waals surface area contributed by atoms with Crippen molar-refractivity contribution in [3.63, 3.8) is 0 Å². The van der Waals surface area contributed by atoms with Gasteiger partial charge in [-0.1, -0.05) is 11.8 Å². The first-order valence-corrected chi connectivity index (χ1v) is 9.75. The van der Waals surface area contributed by atoms with E-state index in [9.17, 15) is 9.59 Å². The molecule has 1 N–H and O–H groups in total. The van der Waals surface area contributed by atoms with Gasteiger partial charge in [0, 0.05) is 22.9 Å². The molecule has 0 radical (unpaired) electrons. The Bertz CT molecular complexity index is 1050. The number of H-pyrrole nitrogens is 1. The molecule has 0 fully saturated rings.